The molecule has 0 aliphatic heterocycles. The van der Waals surface area contributed by atoms with Gasteiger partial charge >= 0.3 is 6.03 Å². The van der Waals surface area contributed by atoms with Crippen molar-refractivity contribution in [3.8, 4) is 17.4 Å². The molecule has 0 radical (unpaired) electrons. The lowest BCUT2D eigenvalue weighted by Crippen LogP contribution is -2.20. The van der Waals surface area contributed by atoms with Crippen molar-refractivity contribution in [3.63, 3.8) is 0 Å². The van der Waals surface area contributed by atoms with E-state index in [0.717, 1.165) is 17.9 Å². The number of carbonyl (C=O) groups is 1. The van der Waals surface area contributed by atoms with Crippen LogP contribution in [0.3, 0.4) is 0 Å². The molecule has 1 fully saturated rings. The summed E-state index contributed by atoms with van der Waals surface area (Å²) in [4.78, 5) is 17.0. The SMILES string of the molecule is CC(C)(C)c1ccccc1Oc1ncccc1NC(=O)Nc1ccc(OCC2CCCCC2)cc1. The zero-order chi connectivity index (χ0) is 24.7. The first kappa shape index (κ1) is 24.6. The van der Waals surface area contributed by atoms with Gasteiger partial charge in [0.2, 0.25) is 5.88 Å². The lowest BCUT2D eigenvalue weighted by molar-refractivity contribution is 0.209. The van der Waals surface area contributed by atoms with E-state index in [0.29, 0.717) is 28.9 Å². The van der Waals surface area contributed by atoms with Crippen molar-refractivity contribution in [2.75, 3.05) is 17.2 Å². The standard InChI is InChI=1S/C29H35N3O3/c1-29(2,3)24-12-7-8-14-26(24)35-27-25(13-9-19-30-27)32-28(33)31-22-15-17-23(18-16-22)34-20-21-10-5-4-6-11-21/h7-9,12-19,21H,4-6,10-11,20H2,1-3H3,(H2,31,32,33). The van der Waals surface area contributed by atoms with Gasteiger partial charge in [0.05, 0.1) is 6.61 Å². The zero-order valence-electron chi connectivity index (χ0n) is 20.8. The third kappa shape index (κ3) is 6.98. The molecule has 0 saturated heterocycles. The summed E-state index contributed by atoms with van der Waals surface area (Å²) in [6, 6.07) is 18.5. The molecule has 1 heterocycles. The molecular weight excluding hydrogens is 438 g/mol. The summed E-state index contributed by atoms with van der Waals surface area (Å²) >= 11 is 0. The van der Waals surface area contributed by atoms with Crippen molar-refractivity contribution in [2.45, 2.75) is 58.3 Å². The van der Waals surface area contributed by atoms with Gasteiger partial charge in [0.15, 0.2) is 0 Å². The van der Waals surface area contributed by atoms with Crippen LogP contribution < -0.4 is 20.1 Å². The number of anilines is 2. The van der Waals surface area contributed by atoms with Gasteiger partial charge in [-0.1, -0.05) is 58.2 Å². The number of nitrogens with zero attached hydrogens (tertiary/aromatic N) is 1. The Morgan fingerprint density at radius 2 is 1.69 bits per heavy atom. The van der Waals surface area contributed by atoms with Crippen LogP contribution in [0.5, 0.6) is 17.4 Å². The number of amides is 2. The van der Waals surface area contributed by atoms with Gasteiger partial charge in [-0.25, -0.2) is 9.78 Å². The van der Waals surface area contributed by atoms with Crippen LogP contribution in [0.1, 0.15) is 58.4 Å². The molecule has 1 saturated carbocycles. The molecule has 0 spiro atoms. The topological polar surface area (TPSA) is 72.5 Å². The van der Waals surface area contributed by atoms with Gasteiger partial charge in [-0.15, -0.1) is 0 Å². The van der Waals surface area contributed by atoms with Crippen LogP contribution in [0.15, 0.2) is 66.9 Å². The second kappa shape index (κ2) is 11.3. The summed E-state index contributed by atoms with van der Waals surface area (Å²) in [5, 5.41) is 5.71. The Kier molecular flexibility index (Phi) is 7.91. The normalized spacial score (nSPS) is 14.3. The van der Waals surface area contributed by atoms with E-state index in [2.05, 4.69) is 36.4 Å². The molecule has 35 heavy (non-hydrogen) atoms. The fraction of sp³-hybridized carbons (Fsp3) is 0.379. The third-order valence-electron chi connectivity index (χ3n) is 6.24. The molecule has 1 aromatic heterocycles. The van der Waals surface area contributed by atoms with Crippen molar-refractivity contribution < 1.29 is 14.3 Å². The molecule has 6 heteroatoms. The van der Waals surface area contributed by atoms with Gasteiger partial charge in [-0.2, -0.15) is 0 Å². The third-order valence-corrected chi connectivity index (χ3v) is 6.24. The Balaban J connectivity index is 1.36. The predicted octanol–water partition coefficient (Wildman–Crippen LogP) is 7.77. The summed E-state index contributed by atoms with van der Waals surface area (Å²) in [7, 11) is 0. The Hall–Kier alpha value is -3.54. The van der Waals surface area contributed by atoms with Crippen molar-refractivity contribution in [1.82, 2.24) is 4.98 Å². The minimum Gasteiger partial charge on any atom is -0.493 e. The molecule has 1 aliphatic carbocycles. The molecule has 184 valence electrons. The summed E-state index contributed by atoms with van der Waals surface area (Å²) in [6.45, 7) is 7.15. The highest BCUT2D eigenvalue weighted by atomic mass is 16.5. The van der Waals surface area contributed by atoms with E-state index in [9.17, 15) is 4.79 Å². The highest BCUT2D eigenvalue weighted by Gasteiger charge is 2.20. The first-order chi connectivity index (χ1) is 16.9. The highest BCUT2D eigenvalue weighted by Crippen LogP contribution is 2.35. The van der Waals surface area contributed by atoms with Crippen LogP contribution >= 0.6 is 0 Å². The minimum absolute atomic E-state index is 0.0946. The number of urea groups is 1. The monoisotopic (exact) mass is 473 g/mol. The van der Waals surface area contributed by atoms with E-state index >= 15 is 0 Å². The lowest BCUT2D eigenvalue weighted by Gasteiger charge is -2.22. The van der Waals surface area contributed by atoms with Crippen LogP contribution in [-0.2, 0) is 5.41 Å². The first-order valence-corrected chi connectivity index (χ1v) is 12.4. The molecule has 3 aromatic rings. The fourth-order valence-electron chi connectivity index (χ4n) is 4.33. The van der Waals surface area contributed by atoms with Gasteiger partial charge in [-0.3, -0.25) is 0 Å². The molecule has 1 aliphatic rings. The molecule has 2 amide bonds. The molecule has 0 bridgehead atoms. The summed E-state index contributed by atoms with van der Waals surface area (Å²) in [5.74, 6) is 2.53. The number of nitrogens with one attached hydrogen (secondary N) is 2. The number of aromatic nitrogens is 1. The molecule has 4 rings (SSSR count). The van der Waals surface area contributed by atoms with E-state index in [1.54, 1.807) is 18.3 Å². The Labute approximate surface area is 208 Å². The maximum atomic E-state index is 12.7. The smallest absolute Gasteiger partial charge is 0.323 e. The van der Waals surface area contributed by atoms with Crippen LogP contribution in [0.4, 0.5) is 16.2 Å². The number of hydrogen-bond donors (Lipinski definition) is 2. The van der Waals surface area contributed by atoms with Crippen molar-refractivity contribution >= 4 is 17.4 Å². The number of hydrogen-bond acceptors (Lipinski definition) is 4. The van der Waals surface area contributed by atoms with Crippen LogP contribution in [0, 0.1) is 5.92 Å². The summed E-state index contributed by atoms with van der Waals surface area (Å²) in [5.41, 5.74) is 2.13. The van der Waals surface area contributed by atoms with Gasteiger partial charge in [0.25, 0.3) is 0 Å². The number of para-hydroxylation sites is 1. The Bertz CT molecular complexity index is 1120. The minimum atomic E-state index is -0.372. The van der Waals surface area contributed by atoms with Crippen LogP contribution in [0.2, 0.25) is 0 Å². The van der Waals surface area contributed by atoms with Gasteiger partial charge in [0.1, 0.15) is 17.2 Å². The number of pyridine rings is 1. The fourth-order valence-corrected chi connectivity index (χ4v) is 4.33. The molecule has 2 N–H and O–H groups in total. The summed E-state index contributed by atoms with van der Waals surface area (Å²) in [6.07, 6.45) is 8.10. The maximum Gasteiger partial charge on any atom is 0.323 e. The van der Waals surface area contributed by atoms with E-state index < -0.39 is 0 Å². The van der Waals surface area contributed by atoms with E-state index in [-0.39, 0.29) is 11.4 Å². The van der Waals surface area contributed by atoms with Crippen LogP contribution in [-0.4, -0.2) is 17.6 Å². The van der Waals surface area contributed by atoms with Crippen molar-refractivity contribution in [2.24, 2.45) is 5.92 Å². The second-order valence-electron chi connectivity index (χ2n) is 10.1. The largest absolute Gasteiger partial charge is 0.493 e. The van der Waals surface area contributed by atoms with Crippen LogP contribution in [0.25, 0.3) is 0 Å². The molecule has 0 atom stereocenters. The average molecular weight is 474 g/mol. The van der Waals surface area contributed by atoms with Gasteiger partial charge in [-0.05, 0) is 66.6 Å². The van der Waals surface area contributed by atoms with E-state index in [4.69, 9.17) is 9.47 Å². The Morgan fingerprint density at radius 1 is 0.943 bits per heavy atom. The number of benzene rings is 2. The second-order valence-corrected chi connectivity index (χ2v) is 10.1. The molecule has 0 unspecified atom stereocenters. The first-order valence-electron chi connectivity index (χ1n) is 12.4. The summed E-state index contributed by atoms with van der Waals surface area (Å²) < 4.78 is 12.1. The average Bonchev–Trinajstić information content (AvgIpc) is 2.85. The molecule has 2 aromatic carbocycles. The number of rotatable bonds is 7. The lowest BCUT2D eigenvalue weighted by atomic mass is 9.86. The highest BCUT2D eigenvalue weighted by molar-refractivity contribution is 6.00. The molecular formula is C29H35N3O3. The van der Waals surface area contributed by atoms with E-state index in [1.165, 1.54) is 32.1 Å². The Morgan fingerprint density at radius 3 is 2.43 bits per heavy atom. The maximum absolute atomic E-state index is 12.7. The number of ether oxygens (including phenoxy) is 2. The van der Waals surface area contributed by atoms with Gasteiger partial charge in [0, 0.05) is 17.4 Å². The van der Waals surface area contributed by atoms with Gasteiger partial charge < -0.3 is 20.1 Å². The van der Waals surface area contributed by atoms with Crippen molar-refractivity contribution in [1.29, 1.82) is 0 Å². The zero-order valence-corrected chi connectivity index (χ0v) is 20.8. The quantitative estimate of drug-likeness (QED) is 0.367. The predicted molar refractivity (Wildman–Crippen MR) is 141 cm³/mol. The number of carbonyl (C=O) groups excluding carboxylic acids is 1. The van der Waals surface area contributed by atoms with E-state index in [1.807, 2.05) is 48.5 Å². The van der Waals surface area contributed by atoms with Crippen molar-refractivity contribution in [3.05, 3.63) is 72.4 Å². The molecule has 6 nitrogen and oxygen atoms in total.